The average Bonchev–Trinajstić information content (AvgIpc) is 2.96. The topological polar surface area (TPSA) is 85.1 Å². The minimum Gasteiger partial charge on any atom is -0.365 e. The number of carbonyl (C=O) groups excluding carboxylic acids is 1. The number of aromatic nitrogens is 2. The van der Waals surface area contributed by atoms with Gasteiger partial charge in [-0.1, -0.05) is 0 Å². The summed E-state index contributed by atoms with van der Waals surface area (Å²) >= 11 is 0. The van der Waals surface area contributed by atoms with Crippen LogP contribution in [-0.4, -0.2) is 10.9 Å². The van der Waals surface area contributed by atoms with Gasteiger partial charge in [0, 0.05) is 23.0 Å². The van der Waals surface area contributed by atoms with Gasteiger partial charge in [0.2, 0.25) is 0 Å². The highest BCUT2D eigenvalue weighted by Gasteiger charge is 2.24. The minimum absolute atomic E-state index is 0.0660. The van der Waals surface area contributed by atoms with Crippen molar-refractivity contribution in [2.45, 2.75) is 0 Å². The number of aromatic amines is 2. The van der Waals surface area contributed by atoms with Gasteiger partial charge in [-0.3, -0.25) is 4.79 Å². The van der Waals surface area contributed by atoms with Crippen molar-refractivity contribution in [3.05, 3.63) is 65.4 Å². The van der Waals surface area contributed by atoms with Crippen LogP contribution >= 0.6 is 0 Å². The predicted molar refractivity (Wildman–Crippen MR) is 90.4 cm³/mol. The maximum absolute atomic E-state index is 14.0. The molecule has 2 aromatic carbocycles. The number of nitrogens with one attached hydrogen (secondary N) is 3. The van der Waals surface area contributed by atoms with Crippen molar-refractivity contribution >= 4 is 39.2 Å². The molecule has 2 aromatic heterocycles. The van der Waals surface area contributed by atoms with Gasteiger partial charge in [-0.2, -0.15) is 0 Å². The number of nitrogens with two attached hydrogens (primary N) is 1. The molecule has 0 fully saturated rings. The fourth-order valence-electron chi connectivity index (χ4n) is 2.99. The lowest BCUT2D eigenvalue weighted by Gasteiger charge is -2.05. The van der Waals surface area contributed by atoms with E-state index in [4.69, 9.17) is 5.73 Å². The highest BCUT2D eigenvalue weighted by atomic mass is 19.1. The average molecular weight is 375 g/mol. The summed E-state index contributed by atoms with van der Waals surface area (Å²) in [6, 6.07) is 4.93. The van der Waals surface area contributed by atoms with Crippen LogP contribution in [0.2, 0.25) is 0 Å². The lowest BCUT2D eigenvalue weighted by Crippen LogP contribution is -2.19. The zero-order valence-corrected chi connectivity index (χ0v) is 13.5. The van der Waals surface area contributed by atoms with E-state index in [9.17, 15) is 22.4 Å². The van der Waals surface area contributed by atoms with Gasteiger partial charge in [-0.25, -0.2) is 27.9 Å². The summed E-state index contributed by atoms with van der Waals surface area (Å²) in [5, 5.41) is 3.13. The van der Waals surface area contributed by atoms with E-state index < -0.39 is 34.9 Å². The predicted octanol–water partition coefficient (Wildman–Crippen LogP) is 3.53. The standard InChI is InChI=1S/C18H10F4N4O/c19-7-1-2-13-9(3-7)14-15(25-13)10(17(23)27)6-24-18(14)26-16-11(21)4-8(20)5-12(16)22/h1-6,25H,(H2,23,27)(H,24,26)/p+1. The van der Waals surface area contributed by atoms with E-state index in [0.29, 0.717) is 23.0 Å². The second-order valence-corrected chi connectivity index (χ2v) is 5.88. The Hall–Kier alpha value is -3.62. The Morgan fingerprint density at radius 2 is 1.74 bits per heavy atom. The summed E-state index contributed by atoms with van der Waals surface area (Å²) in [7, 11) is 0. The third kappa shape index (κ3) is 2.73. The Morgan fingerprint density at radius 3 is 2.41 bits per heavy atom. The molecule has 0 atom stereocenters. The van der Waals surface area contributed by atoms with Crippen LogP contribution in [0.15, 0.2) is 36.5 Å². The molecule has 0 aliphatic carbocycles. The van der Waals surface area contributed by atoms with Crippen molar-refractivity contribution in [2.24, 2.45) is 5.73 Å². The summed E-state index contributed by atoms with van der Waals surface area (Å²) in [5.41, 5.74) is 5.57. The van der Waals surface area contributed by atoms with E-state index in [1.165, 1.54) is 24.4 Å². The van der Waals surface area contributed by atoms with Gasteiger partial charge in [-0.15, -0.1) is 0 Å². The minimum atomic E-state index is -1.15. The Bertz CT molecular complexity index is 1210. The van der Waals surface area contributed by atoms with Crippen LogP contribution < -0.4 is 16.0 Å². The Balaban J connectivity index is 2.01. The highest BCUT2D eigenvalue weighted by molar-refractivity contribution is 6.17. The number of rotatable bonds is 3. The molecule has 0 unspecified atom stereocenters. The molecule has 4 aromatic rings. The third-order valence-corrected chi connectivity index (χ3v) is 4.16. The number of hydrogen-bond acceptors (Lipinski definition) is 2. The molecule has 0 aliphatic heterocycles. The molecule has 0 bridgehead atoms. The lowest BCUT2D eigenvalue weighted by molar-refractivity contribution is -0.359. The first-order valence-corrected chi connectivity index (χ1v) is 7.72. The first-order chi connectivity index (χ1) is 12.8. The monoisotopic (exact) mass is 375 g/mol. The van der Waals surface area contributed by atoms with E-state index in [0.717, 1.165) is 0 Å². The molecule has 2 heterocycles. The van der Waals surface area contributed by atoms with Gasteiger partial charge in [-0.05, 0) is 18.2 Å². The van der Waals surface area contributed by atoms with Crippen LogP contribution in [0, 0.1) is 23.3 Å². The van der Waals surface area contributed by atoms with Gasteiger partial charge >= 0.3 is 0 Å². The number of anilines is 2. The van der Waals surface area contributed by atoms with Crippen LogP contribution in [0.5, 0.6) is 0 Å². The summed E-state index contributed by atoms with van der Waals surface area (Å²) in [6.45, 7) is 0. The van der Waals surface area contributed by atoms with Crippen LogP contribution in [0.25, 0.3) is 21.8 Å². The van der Waals surface area contributed by atoms with Gasteiger partial charge < -0.3 is 10.7 Å². The van der Waals surface area contributed by atoms with E-state index in [-0.39, 0.29) is 22.3 Å². The Labute approximate surface area is 148 Å². The summed E-state index contributed by atoms with van der Waals surface area (Å²) in [5.74, 6) is -4.61. The van der Waals surface area contributed by atoms with Crippen LogP contribution in [0.1, 0.15) is 10.4 Å². The van der Waals surface area contributed by atoms with Gasteiger partial charge in [0.15, 0.2) is 17.3 Å². The zero-order valence-electron chi connectivity index (χ0n) is 13.5. The van der Waals surface area contributed by atoms with Gasteiger partial charge in [0.05, 0.1) is 10.9 Å². The largest absolute Gasteiger partial charge is 0.365 e. The second kappa shape index (κ2) is 5.97. The number of fused-ring (bicyclic) bond motifs is 3. The zero-order chi connectivity index (χ0) is 19.3. The van der Waals surface area contributed by atoms with Crippen molar-refractivity contribution in [2.75, 3.05) is 5.32 Å². The Kier molecular flexibility index (Phi) is 3.72. The molecule has 136 valence electrons. The maximum atomic E-state index is 14.0. The smallest absolute Gasteiger partial charge is 0.287 e. The fourth-order valence-corrected chi connectivity index (χ4v) is 2.99. The van der Waals surface area contributed by atoms with Gasteiger partial charge in [0.25, 0.3) is 11.7 Å². The number of benzene rings is 2. The molecule has 27 heavy (non-hydrogen) atoms. The molecule has 0 saturated heterocycles. The Morgan fingerprint density at radius 1 is 1.04 bits per heavy atom. The molecular formula is C18H11F4N4O+. The van der Waals surface area contributed by atoms with Crippen molar-refractivity contribution in [3.8, 4) is 0 Å². The molecule has 0 saturated carbocycles. The highest BCUT2D eigenvalue weighted by Crippen LogP contribution is 2.33. The molecule has 5 N–H and O–H groups in total. The van der Waals surface area contributed by atoms with Crippen molar-refractivity contribution < 1.29 is 27.3 Å². The quantitative estimate of drug-likeness (QED) is 0.479. The molecular weight excluding hydrogens is 364 g/mol. The molecule has 4 rings (SSSR count). The normalized spacial score (nSPS) is 11.3. The number of pyridine rings is 1. The first-order valence-electron chi connectivity index (χ1n) is 7.72. The van der Waals surface area contributed by atoms with E-state index in [1.807, 2.05) is 0 Å². The summed E-state index contributed by atoms with van der Waals surface area (Å²) < 4.78 is 54.9. The van der Waals surface area contributed by atoms with Crippen LogP contribution in [0.4, 0.5) is 29.1 Å². The number of hydrogen-bond donors (Lipinski definition) is 3. The molecule has 1 amide bonds. The number of halogens is 4. The fraction of sp³-hybridized carbons (Fsp3) is 0. The lowest BCUT2D eigenvalue weighted by atomic mass is 10.1. The molecule has 0 spiro atoms. The third-order valence-electron chi connectivity index (χ3n) is 4.16. The number of amides is 1. The summed E-state index contributed by atoms with van der Waals surface area (Å²) in [4.78, 5) is 17.3. The molecule has 9 heteroatoms. The molecule has 0 aliphatic rings. The van der Waals surface area contributed by atoms with E-state index in [2.05, 4.69) is 15.3 Å². The number of carbonyl (C=O) groups is 1. The SMILES string of the molecule is NC(=O)c1c[nH+]c(Nc2c(F)cc(F)cc2F)c2c1[nH]c1ccc(F)cc12. The summed E-state index contributed by atoms with van der Waals surface area (Å²) in [6.07, 6.45) is 1.25. The molecule has 5 nitrogen and oxygen atoms in total. The van der Waals surface area contributed by atoms with Gasteiger partial charge in [0.1, 0.15) is 23.4 Å². The maximum Gasteiger partial charge on any atom is 0.287 e. The van der Waals surface area contributed by atoms with Crippen molar-refractivity contribution in [1.82, 2.24) is 4.98 Å². The van der Waals surface area contributed by atoms with Crippen molar-refractivity contribution in [3.63, 3.8) is 0 Å². The number of primary amides is 1. The number of H-pyrrole nitrogens is 2. The second-order valence-electron chi connectivity index (χ2n) is 5.88. The molecule has 0 radical (unpaired) electrons. The first kappa shape index (κ1) is 16.8. The van der Waals surface area contributed by atoms with Crippen LogP contribution in [0.3, 0.4) is 0 Å². The van der Waals surface area contributed by atoms with Crippen molar-refractivity contribution in [1.29, 1.82) is 0 Å². The van der Waals surface area contributed by atoms with E-state index >= 15 is 0 Å². The van der Waals surface area contributed by atoms with Crippen LogP contribution in [-0.2, 0) is 0 Å². The van der Waals surface area contributed by atoms with E-state index in [1.54, 1.807) is 0 Å².